The number of nitrogens with zero attached hydrogens (tertiary/aromatic N) is 4. The highest BCUT2D eigenvalue weighted by Crippen LogP contribution is 2.35. The van der Waals surface area contributed by atoms with E-state index in [-0.39, 0.29) is 24.0 Å². The van der Waals surface area contributed by atoms with Gasteiger partial charge in [-0.25, -0.2) is 4.68 Å². The smallest absolute Gasteiger partial charge is 0.222 e. The summed E-state index contributed by atoms with van der Waals surface area (Å²) >= 11 is 0. The number of benzene rings is 1. The zero-order chi connectivity index (χ0) is 20.0. The van der Waals surface area contributed by atoms with Crippen molar-refractivity contribution in [1.29, 1.82) is 0 Å². The Labute approximate surface area is 162 Å². The van der Waals surface area contributed by atoms with Gasteiger partial charge in [0, 0.05) is 43.7 Å². The van der Waals surface area contributed by atoms with Crippen molar-refractivity contribution < 1.29 is 13.9 Å². The van der Waals surface area contributed by atoms with Crippen molar-refractivity contribution in [2.24, 2.45) is 13.0 Å². The number of ether oxygens (including phenoxy) is 1. The molecule has 28 heavy (non-hydrogen) atoms. The molecule has 0 bridgehead atoms. The first-order valence-corrected chi connectivity index (χ1v) is 9.47. The number of rotatable bonds is 5. The molecule has 1 aliphatic rings. The molecule has 1 aliphatic heterocycles. The van der Waals surface area contributed by atoms with Crippen LogP contribution in [-0.2, 0) is 11.8 Å². The lowest BCUT2D eigenvalue weighted by Gasteiger charge is -2.20. The lowest BCUT2D eigenvalue weighted by atomic mass is 10.0. The molecule has 148 valence electrons. The van der Waals surface area contributed by atoms with E-state index in [1.165, 1.54) is 4.68 Å². The van der Waals surface area contributed by atoms with Crippen LogP contribution in [0.1, 0.15) is 33.2 Å². The molecule has 3 aromatic rings. The second-order valence-corrected chi connectivity index (χ2v) is 7.68. The van der Waals surface area contributed by atoms with E-state index in [9.17, 15) is 9.18 Å². The molecule has 7 nitrogen and oxygen atoms in total. The molecule has 2 unspecified atom stereocenters. The molecule has 1 aromatic carbocycles. The lowest BCUT2D eigenvalue weighted by molar-refractivity contribution is -0.119. The monoisotopic (exact) mass is 385 g/mol. The molecule has 0 saturated carbocycles. The number of nitrogens with one attached hydrogen (secondary N) is 1. The van der Waals surface area contributed by atoms with E-state index < -0.39 is 5.95 Å². The molecular formula is C20H24FN5O2. The van der Waals surface area contributed by atoms with Gasteiger partial charge in [0.25, 0.3) is 0 Å². The van der Waals surface area contributed by atoms with Crippen LogP contribution >= 0.6 is 0 Å². The zero-order valence-electron chi connectivity index (χ0n) is 16.4. The van der Waals surface area contributed by atoms with Gasteiger partial charge in [-0.3, -0.25) is 9.48 Å². The first kappa shape index (κ1) is 18.5. The molecule has 2 aromatic heterocycles. The Morgan fingerprint density at radius 2 is 2.07 bits per heavy atom. The third-order valence-electron chi connectivity index (χ3n) is 5.28. The number of hydrogen-bond donors (Lipinski definition) is 1. The second-order valence-electron chi connectivity index (χ2n) is 7.68. The van der Waals surface area contributed by atoms with Crippen molar-refractivity contribution in [3.8, 4) is 16.9 Å². The van der Waals surface area contributed by atoms with Crippen LogP contribution < -0.4 is 10.1 Å². The van der Waals surface area contributed by atoms with Crippen molar-refractivity contribution in [3.63, 3.8) is 0 Å². The molecule has 3 heterocycles. The number of carbonyl (C=O) groups excluding carboxylic acids is 1. The fourth-order valence-corrected chi connectivity index (χ4v) is 3.54. The van der Waals surface area contributed by atoms with Gasteiger partial charge in [0.05, 0.1) is 17.1 Å². The predicted molar refractivity (Wildman–Crippen MR) is 103 cm³/mol. The van der Waals surface area contributed by atoms with E-state index in [2.05, 4.69) is 29.4 Å². The highest BCUT2D eigenvalue weighted by molar-refractivity contribution is 5.90. The van der Waals surface area contributed by atoms with Gasteiger partial charge in [-0.05, 0) is 38.5 Å². The number of amides is 1. The summed E-state index contributed by atoms with van der Waals surface area (Å²) in [5, 5.41) is 11.8. The Hall–Kier alpha value is -2.90. The van der Waals surface area contributed by atoms with Crippen LogP contribution in [0.5, 0.6) is 5.75 Å². The highest BCUT2D eigenvalue weighted by atomic mass is 19.1. The average molecular weight is 385 g/mol. The highest BCUT2D eigenvalue weighted by Gasteiger charge is 2.29. The number of aromatic nitrogens is 4. The van der Waals surface area contributed by atoms with E-state index in [4.69, 9.17) is 4.74 Å². The second kappa shape index (κ2) is 6.92. The van der Waals surface area contributed by atoms with Crippen LogP contribution in [0.4, 0.5) is 4.39 Å². The average Bonchev–Trinajstić information content (AvgIpc) is 3.35. The Morgan fingerprint density at radius 1 is 1.29 bits per heavy atom. The van der Waals surface area contributed by atoms with E-state index in [0.29, 0.717) is 29.6 Å². The van der Waals surface area contributed by atoms with E-state index in [1.54, 1.807) is 13.2 Å². The van der Waals surface area contributed by atoms with Crippen molar-refractivity contribution in [3.05, 3.63) is 30.5 Å². The maximum Gasteiger partial charge on any atom is 0.222 e. The third-order valence-corrected chi connectivity index (χ3v) is 5.28. The van der Waals surface area contributed by atoms with Gasteiger partial charge in [-0.1, -0.05) is 0 Å². The third kappa shape index (κ3) is 3.23. The summed E-state index contributed by atoms with van der Waals surface area (Å²) in [6, 6.07) is 3.92. The maximum atomic E-state index is 14.7. The number of hydrogen-bond acceptors (Lipinski definition) is 4. The van der Waals surface area contributed by atoms with Gasteiger partial charge >= 0.3 is 0 Å². The van der Waals surface area contributed by atoms with Crippen molar-refractivity contribution >= 4 is 16.8 Å². The van der Waals surface area contributed by atoms with Gasteiger partial charge < -0.3 is 10.1 Å². The van der Waals surface area contributed by atoms with E-state index in [1.807, 2.05) is 29.9 Å². The van der Waals surface area contributed by atoms with Crippen molar-refractivity contribution in [2.75, 3.05) is 6.54 Å². The van der Waals surface area contributed by atoms with Gasteiger partial charge in [0.1, 0.15) is 11.9 Å². The number of carbonyl (C=O) groups is 1. The number of halogens is 1. The van der Waals surface area contributed by atoms with E-state index in [0.717, 1.165) is 11.1 Å². The van der Waals surface area contributed by atoms with Gasteiger partial charge in [0.2, 0.25) is 11.9 Å². The molecule has 0 spiro atoms. The maximum absolute atomic E-state index is 14.7. The summed E-state index contributed by atoms with van der Waals surface area (Å²) in [5.41, 5.74) is 2.30. The van der Waals surface area contributed by atoms with Crippen LogP contribution in [0, 0.1) is 11.9 Å². The van der Waals surface area contributed by atoms with Gasteiger partial charge in [-0.15, -0.1) is 0 Å². The van der Waals surface area contributed by atoms with E-state index >= 15 is 0 Å². The number of fused-ring (bicyclic) bond motifs is 1. The molecular weight excluding hydrogens is 361 g/mol. The summed E-state index contributed by atoms with van der Waals surface area (Å²) in [7, 11) is 1.57. The first-order valence-electron chi connectivity index (χ1n) is 9.47. The summed E-state index contributed by atoms with van der Waals surface area (Å²) in [4.78, 5) is 11.5. The summed E-state index contributed by atoms with van der Waals surface area (Å²) in [6.07, 6.45) is 3.92. The Kier molecular flexibility index (Phi) is 4.56. The first-order chi connectivity index (χ1) is 13.3. The predicted octanol–water partition coefficient (Wildman–Crippen LogP) is 3.06. The Morgan fingerprint density at radius 3 is 2.71 bits per heavy atom. The minimum absolute atomic E-state index is 0.0213. The molecule has 1 saturated heterocycles. The Balaban J connectivity index is 1.75. The summed E-state index contributed by atoms with van der Waals surface area (Å²) < 4.78 is 23.9. The summed E-state index contributed by atoms with van der Waals surface area (Å²) in [6.45, 7) is 6.59. The fraction of sp³-hybridized carbons (Fsp3) is 0.450. The number of aryl methyl sites for hydroxylation is 1. The molecule has 1 N–H and O–H groups in total. The molecule has 1 amide bonds. The van der Waals surface area contributed by atoms with Crippen LogP contribution in [0.2, 0.25) is 0 Å². The van der Waals surface area contributed by atoms with Crippen LogP contribution in [0.25, 0.3) is 22.0 Å². The van der Waals surface area contributed by atoms with Crippen LogP contribution in [0.3, 0.4) is 0 Å². The molecule has 0 radical (unpaired) electrons. The summed E-state index contributed by atoms with van der Waals surface area (Å²) in [5.74, 6) is 0.0622. The van der Waals surface area contributed by atoms with Crippen LogP contribution in [0.15, 0.2) is 24.5 Å². The normalized spacial score (nSPS) is 18.1. The van der Waals surface area contributed by atoms with Crippen molar-refractivity contribution in [1.82, 2.24) is 24.9 Å². The molecule has 8 heteroatoms. The molecule has 0 aliphatic carbocycles. The standard InChI is InChI=1S/C20H24FN5O2/c1-11(2)26-10-15(9-23-26)13-5-16-19(20(21)25(4)24-16)17(6-13)28-12(3)14-7-18(27)22-8-14/h5-6,9-12,14H,7-8H2,1-4H3,(H,22,27). The fourth-order valence-electron chi connectivity index (χ4n) is 3.54. The Bertz CT molecular complexity index is 1040. The van der Waals surface area contributed by atoms with Crippen molar-refractivity contribution in [2.45, 2.75) is 39.3 Å². The topological polar surface area (TPSA) is 74.0 Å². The minimum atomic E-state index is -0.442. The van der Waals surface area contributed by atoms with Crippen LogP contribution in [-0.4, -0.2) is 38.1 Å². The molecule has 1 fully saturated rings. The molecule has 4 rings (SSSR count). The minimum Gasteiger partial charge on any atom is -0.489 e. The lowest BCUT2D eigenvalue weighted by Crippen LogP contribution is -2.25. The zero-order valence-corrected chi connectivity index (χ0v) is 16.4. The SMILES string of the molecule is CC(Oc1cc(-c2cnn(C(C)C)c2)cc2nn(C)c(F)c12)C1CNC(=O)C1. The van der Waals surface area contributed by atoms with Gasteiger partial charge in [-0.2, -0.15) is 14.6 Å². The molecule has 2 atom stereocenters. The van der Waals surface area contributed by atoms with Gasteiger partial charge in [0.15, 0.2) is 0 Å². The largest absolute Gasteiger partial charge is 0.489 e. The quantitative estimate of drug-likeness (QED) is 0.733.